The number of rotatable bonds is 7. The number of aromatic nitrogens is 4. The van der Waals surface area contributed by atoms with Crippen LogP contribution in [0.3, 0.4) is 0 Å². The molecule has 2 fully saturated rings. The van der Waals surface area contributed by atoms with Crippen LogP contribution in [0.5, 0.6) is 0 Å². The van der Waals surface area contributed by atoms with Gasteiger partial charge < -0.3 is 0 Å². The molecule has 0 N–H and O–H groups in total. The van der Waals surface area contributed by atoms with E-state index in [1.165, 1.54) is 29.7 Å². The van der Waals surface area contributed by atoms with Crippen molar-refractivity contribution >= 4 is 0 Å². The molecule has 1 saturated carbocycles. The second kappa shape index (κ2) is 13.0. The normalized spacial score (nSPS) is 19.3. The monoisotopic (exact) mass is 545 g/mol. The van der Waals surface area contributed by atoms with Crippen LogP contribution in [-0.4, -0.2) is 50.3 Å². The number of alkyl halides is 3. The highest BCUT2D eigenvalue weighted by Crippen LogP contribution is 2.38. The minimum absolute atomic E-state index is 0.0276. The molecule has 7 nitrogen and oxygen atoms in total. The maximum Gasteiger partial charge on any atom is 0.401 e. The summed E-state index contributed by atoms with van der Waals surface area (Å²) in [5.74, 6) is 0.838. The fourth-order valence-corrected chi connectivity index (χ4v) is 5.65. The summed E-state index contributed by atoms with van der Waals surface area (Å²) >= 11 is 0. The zero-order chi connectivity index (χ0) is 28.7. The average Bonchev–Trinajstić information content (AvgIpc) is 3.57. The van der Waals surface area contributed by atoms with E-state index in [1.54, 1.807) is 10.9 Å². The summed E-state index contributed by atoms with van der Waals surface area (Å²) < 4.78 is 41.3. The van der Waals surface area contributed by atoms with Crippen LogP contribution in [-0.2, 0) is 11.1 Å². The van der Waals surface area contributed by atoms with E-state index < -0.39 is 18.3 Å². The summed E-state index contributed by atoms with van der Waals surface area (Å²) in [5, 5.41) is 27.1. The summed E-state index contributed by atoms with van der Waals surface area (Å²) in [4.78, 5) is 1.41. The van der Waals surface area contributed by atoms with Crippen molar-refractivity contribution in [3.63, 3.8) is 0 Å². The maximum absolute atomic E-state index is 12.5. The topological polar surface area (TPSA) is 86.5 Å². The van der Waals surface area contributed by atoms with Crippen molar-refractivity contribution in [2.45, 2.75) is 115 Å². The van der Waals surface area contributed by atoms with Crippen molar-refractivity contribution < 1.29 is 13.2 Å². The molecule has 0 spiro atoms. The fraction of sp³-hybridized carbons (Fsp3) is 0.724. The molecule has 2 aliphatic rings. The molecule has 0 aromatic carbocycles. The standard InChI is InChI=1S/C15H21F3N4.C14H21N3/c1-12(2)13-9-20-22(10-13)14(3-6-19)4-7-21(8-5-14)11-15(16,17)18;1-12(2)13-10-16-17(11-13)14(8-9-15)6-4-3-5-7-14/h9-10,12H,3-5,7-8,11H2,1-2H3;10-12H,3-8H2,1-2H3. The van der Waals surface area contributed by atoms with E-state index in [2.05, 4.69) is 60.9 Å². The Kier molecular flexibility index (Phi) is 10.2. The average molecular weight is 546 g/mol. The number of likely N-dealkylation sites (tertiary alicyclic amines) is 1. The van der Waals surface area contributed by atoms with Gasteiger partial charge in [-0.15, -0.1) is 0 Å². The van der Waals surface area contributed by atoms with Gasteiger partial charge in [0, 0.05) is 25.5 Å². The third-order valence-electron chi connectivity index (χ3n) is 8.30. The van der Waals surface area contributed by atoms with Crippen molar-refractivity contribution in [3.05, 3.63) is 35.9 Å². The third-order valence-corrected chi connectivity index (χ3v) is 8.30. The molecule has 2 aromatic rings. The zero-order valence-corrected chi connectivity index (χ0v) is 23.7. The van der Waals surface area contributed by atoms with Crippen LogP contribution < -0.4 is 0 Å². The van der Waals surface area contributed by atoms with E-state index in [4.69, 9.17) is 10.5 Å². The van der Waals surface area contributed by atoms with Gasteiger partial charge in [-0.05, 0) is 48.6 Å². The highest BCUT2D eigenvalue weighted by atomic mass is 19.4. The molecule has 0 unspecified atom stereocenters. The Balaban J connectivity index is 0.000000223. The van der Waals surface area contributed by atoms with Crippen molar-refractivity contribution in [2.75, 3.05) is 19.6 Å². The number of hydrogen-bond donors (Lipinski definition) is 0. The predicted octanol–water partition coefficient (Wildman–Crippen LogP) is 6.85. The highest BCUT2D eigenvalue weighted by molar-refractivity contribution is 5.13. The first-order valence-electron chi connectivity index (χ1n) is 14.1. The van der Waals surface area contributed by atoms with Crippen LogP contribution in [0.4, 0.5) is 13.2 Å². The second-order valence-corrected chi connectivity index (χ2v) is 11.8. The first-order valence-corrected chi connectivity index (χ1v) is 14.1. The van der Waals surface area contributed by atoms with Crippen molar-refractivity contribution in [1.29, 1.82) is 10.5 Å². The Hall–Kier alpha value is -2.85. The summed E-state index contributed by atoms with van der Waals surface area (Å²) in [5.41, 5.74) is 1.84. The molecular formula is C29H42F3N7. The van der Waals surface area contributed by atoms with Crippen LogP contribution in [0.15, 0.2) is 24.8 Å². The predicted molar refractivity (Wildman–Crippen MR) is 144 cm³/mol. The lowest BCUT2D eigenvalue weighted by Gasteiger charge is -2.41. The van der Waals surface area contributed by atoms with Gasteiger partial charge in [0.2, 0.25) is 0 Å². The second-order valence-electron chi connectivity index (χ2n) is 11.8. The van der Waals surface area contributed by atoms with Gasteiger partial charge in [-0.1, -0.05) is 47.0 Å². The first kappa shape index (κ1) is 30.7. The molecule has 0 amide bonds. The summed E-state index contributed by atoms with van der Waals surface area (Å²) in [7, 11) is 0. The van der Waals surface area contributed by atoms with Crippen LogP contribution in [0.1, 0.15) is 108 Å². The minimum atomic E-state index is -4.17. The Morgan fingerprint density at radius 1 is 0.795 bits per heavy atom. The molecular weight excluding hydrogens is 503 g/mol. The van der Waals surface area contributed by atoms with Gasteiger partial charge in [0.1, 0.15) is 0 Å². The fourth-order valence-electron chi connectivity index (χ4n) is 5.65. The van der Waals surface area contributed by atoms with Gasteiger partial charge in [0.05, 0.1) is 55.0 Å². The smallest absolute Gasteiger partial charge is 0.295 e. The number of halogens is 3. The molecule has 214 valence electrons. The quantitative estimate of drug-likeness (QED) is 0.380. The lowest BCUT2D eigenvalue weighted by molar-refractivity contribution is -0.150. The molecule has 0 radical (unpaired) electrons. The van der Waals surface area contributed by atoms with E-state index in [1.807, 2.05) is 12.4 Å². The van der Waals surface area contributed by atoms with E-state index in [-0.39, 0.29) is 12.0 Å². The molecule has 4 rings (SSSR count). The summed E-state index contributed by atoms with van der Waals surface area (Å²) in [6, 6.07) is 4.53. The Morgan fingerprint density at radius 3 is 1.59 bits per heavy atom. The van der Waals surface area contributed by atoms with Crippen LogP contribution in [0, 0.1) is 22.7 Å². The Labute approximate surface area is 230 Å². The summed E-state index contributed by atoms with van der Waals surface area (Å²) in [6.07, 6.45) is 11.5. The van der Waals surface area contributed by atoms with Crippen LogP contribution in [0.25, 0.3) is 0 Å². The highest BCUT2D eigenvalue weighted by Gasteiger charge is 2.40. The third kappa shape index (κ3) is 7.85. The van der Waals surface area contributed by atoms with Gasteiger partial charge in [-0.3, -0.25) is 14.3 Å². The van der Waals surface area contributed by atoms with Crippen molar-refractivity contribution in [1.82, 2.24) is 24.5 Å². The first-order chi connectivity index (χ1) is 18.4. The molecule has 3 heterocycles. The Morgan fingerprint density at radius 2 is 1.23 bits per heavy atom. The number of hydrogen-bond acceptors (Lipinski definition) is 5. The lowest BCUT2D eigenvalue weighted by Crippen LogP contribution is -2.48. The minimum Gasteiger partial charge on any atom is -0.295 e. The largest absolute Gasteiger partial charge is 0.401 e. The van der Waals surface area contributed by atoms with Gasteiger partial charge in [0.25, 0.3) is 0 Å². The van der Waals surface area contributed by atoms with E-state index >= 15 is 0 Å². The van der Waals surface area contributed by atoms with Gasteiger partial charge in [-0.2, -0.15) is 33.9 Å². The summed E-state index contributed by atoms with van der Waals surface area (Å²) in [6.45, 7) is 8.26. The maximum atomic E-state index is 12.5. The Bertz CT molecular complexity index is 1120. The molecule has 0 atom stereocenters. The zero-order valence-electron chi connectivity index (χ0n) is 23.7. The van der Waals surface area contributed by atoms with Gasteiger partial charge in [-0.25, -0.2) is 0 Å². The molecule has 10 heteroatoms. The molecule has 2 aromatic heterocycles. The van der Waals surface area contributed by atoms with E-state index in [9.17, 15) is 13.2 Å². The van der Waals surface area contributed by atoms with E-state index in [0.29, 0.717) is 44.2 Å². The van der Waals surface area contributed by atoms with Gasteiger partial charge in [0.15, 0.2) is 0 Å². The van der Waals surface area contributed by atoms with Gasteiger partial charge >= 0.3 is 6.18 Å². The number of nitriles is 2. The molecule has 1 saturated heterocycles. The lowest BCUT2D eigenvalue weighted by atomic mass is 9.80. The van der Waals surface area contributed by atoms with Crippen molar-refractivity contribution in [3.8, 4) is 12.1 Å². The molecule has 0 bridgehead atoms. The van der Waals surface area contributed by atoms with Crippen LogP contribution >= 0.6 is 0 Å². The molecule has 39 heavy (non-hydrogen) atoms. The van der Waals surface area contributed by atoms with E-state index in [0.717, 1.165) is 18.4 Å². The number of piperidine rings is 1. The van der Waals surface area contributed by atoms with Crippen LogP contribution in [0.2, 0.25) is 0 Å². The van der Waals surface area contributed by atoms with Crippen molar-refractivity contribution in [2.24, 2.45) is 0 Å². The number of nitrogens with zero attached hydrogens (tertiary/aromatic N) is 7. The molecule has 1 aliphatic heterocycles. The molecule has 1 aliphatic carbocycles. The SMILES string of the molecule is CC(C)c1cnn(C2(CC#N)CCCCC2)c1.CC(C)c1cnn(C2(CC#N)CCN(CC(F)(F)F)CC2)c1.